The molecule has 4 heteroatoms. The van der Waals surface area contributed by atoms with Gasteiger partial charge in [0.2, 0.25) is 0 Å². The first-order valence-electron chi connectivity index (χ1n) is 6.22. The fourth-order valence-corrected chi connectivity index (χ4v) is 2.38. The molecule has 0 amide bonds. The lowest BCUT2D eigenvalue weighted by Crippen LogP contribution is -2.44. The molecule has 0 spiro atoms. The van der Waals surface area contributed by atoms with Crippen molar-refractivity contribution in [1.82, 2.24) is 4.90 Å². The van der Waals surface area contributed by atoms with E-state index in [4.69, 9.17) is 0 Å². The maximum absolute atomic E-state index is 12.4. The summed E-state index contributed by atoms with van der Waals surface area (Å²) in [5.41, 5.74) is 0.290. The molecule has 1 heterocycles. The van der Waals surface area contributed by atoms with E-state index in [9.17, 15) is 9.32 Å². The molecule has 98 valence electrons. The van der Waals surface area contributed by atoms with E-state index >= 15 is 0 Å². The number of hydrogen-bond acceptors (Lipinski definition) is 3. The third kappa shape index (κ3) is 2.76. The fourth-order valence-electron chi connectivity index (χ4n) is 2.38. The number of nitrogens with zero attached hydrogens (tertiary/aromatic N) is 1. The summed E-state index contributed by atoms with van der Waals surface area (Å²) in [4.78, 5) is 17.4. The number of carbonyl (C=O) groups is 1. The van der Waals surface area contributed by atoms with Crippen LogP contribution in [0.2, 0.25) is 0 Å². The Labute approximate surface area is 106 Å². The summed E-state index contributed by atoms with van der Waals surface area (Å²) in [7, 11) is 0. The Hall–Kier alpha value is -1.26. The van der Waals surface area contributed by atoms with Crippen LogP contribution in [0.3, 0.4) is 0 Å². The molecule has 0 aliphatic carbocycles. The van der Waals surface area contributed by atoms with Gasteiger partial charge >= 0.3 is 0 Å². The van der Waals surface area contributed by atoms with Crippen LogP contribution in [0.4, 0.5) is 4.53 Å². The second kappa shape index (κ2) is 5.59. The molecule has 1 atom stereocenters. The van der Waals surface area contributed by atoms with Crippen molar-refractivity contribution in [2.75, 3.05) is 13.1 Å². The first-order valence-corrected chi connectivity index (χ1v) is 6.22. The molecule has 0 N–H and O–H groups in total. The van der Waals surface area contributed by atoms with Crippen molar-refractivity contribution in [3.8, 4) is 0 Å². The van der Waals surface area contributed by atoms with Crippen molar-refractivity contribution >= 4 is 6.29 Å². The molecule has 1 aliphatic heterocycles. The topological polar surface area (TPSA) is 29.5 Å². The van der Waals surface area contributed by atoms with E-state index in [2.05, 4.69) is 9.84 Å². The number of benzene rings is 1. The maximum atomic E-state index is 12.4. The molecular formula is C14H18FNO2. The van der Waals surface area contributed by atoms with Gasteiger partial charge in [-0.15, -0.1) is 0 Å². The van der Waals surface area contributed by atoms with Gasteiger partial charge in [0.05, 0.1) is 6.04 Å². The number of halogens is 1. The molecule has 1 aromatic rings. The van der Waals surface area contributed by atoms with Crippen LogP contribution in [-0.2, 0) is 9.74 Å². The Bertz CT molecular complexity index is 388. The summed E-state index contributed by atoms with van der Waals surface area (Å²) in [6, 6.07) is 9.41. The molecule has 1 aromatic carbocycles. The molecule has 0 aromatic heterocycles. The normalized spacial score (nSPS) is 21.4. The van der Waals surface area contributed by atoms with Gasteiger partial charge in [-0.25, -0.2) is 0 Å². The smallest absolute Gasteiger partial charge is 0.141 e. The highest BCUT2D eigenvalue weighted by molar-refractivity contribution is 5.61. The van der Waals surface area contributed by atoms with E-state index in [-0.39, 0.29) is 6.04 Å². The molecule has 18 heavy (non-hydrogen) atoms. The summed E-state index contributed by atoms with van der Waals surface area (Å²) in [5.74, 6) is 0. The summed E-state index contributed by atoms with van der Waals surface area (Å²) < 4.78 is 12.4. The van der Waals surface area contributed by atoms with Crippen molar-refractivity contribution in [1.29, 1.82) is 0 Å². The predicted molar refractivity (Wildman–Crippen MR) is 66.7 cm³/mol. The molecular weight excluding hydrogens is 233 g/mol. The fraction of sp³-hybridized carbons (Fsp3) is 0.500. The van der Waals surface area contributed by atoms with Gasteiger partial charge in [0.1, 0.15) is 11.9 Å². The van der Waals surface area contributed by atoms with Gasteiger partial charge in [-0.05, 0) is 29.9 Å². The molecule has 1 aliphatic rings. The Morgan fingerprint density at radius 3 is 2.44 bits per heavy atom. The van der Waals surface area contributed by atoms with Crippen LogP contribution >= 0.6 is 0 Å². The van der Waals surface area contributed by atoms with Gasteiger partial charge in [0.25, 0.3) is 0 Å². The van der Waals surface area contributed by atoms with Crippen LogP contribution in [0.25, 0.3) is 0 Å². The minimum atomic E-state index is -0.694. The number of piperidine rings is 1. The van der Waals surface area contributed by atoms with Crippen molar-refractivity contribution in [2.24, 2.45) is 0 Å². The first-order chi connectivity index (χ1) is 8.68. The summed E-state index contributed by atoms with van der Waals surface area (Å²) in [5, 5.41) is 0. The lowest BCUT2D eigenvalue weighted by atomic mass is 9.92. The van der Waals surface area contributed by atoms with Crippen molar-refractivity contribution in [3.63, 3.8) is 0 Å². The monoisotopic (exact) mass is 251 g/mol. The second-order valence-electron chi connectivity index (χ2n) is 5.05. The highest BCUT2D eigenvalue weighted by Gasteiger charge is 2.34. The van der Waals surface area contributed by atoms with Crippen LogP contribution in [0.15, 0.2) is 30.3 Å². The van der Waals surface area contributed by atoms with Crippen molar-refractivity contribution in [2.45, 2.75) is 31.4 Å². The van der Waals surface area contributed by atoms with Gasteiger partial charge in [-0.2, -0.15) is 4.94 Å². The van der Waals surface area contributed by atoms with Gasteiger partial charge in [0, 0.05) is 13.1 Å². The first kappa shape index (κ1) is 13.2. The summed E-state index contributed by atoms with van der Waals surface area (Å²) in [6.07, 6.45) is 2.15. The zero-order valence-electron chi connectivity index (χ0n) is 10.5. The van der Waals surface area contributed by atoms with E-state index in [1.54, 1.807) is 6.92 Å². The lowest BCUT2D eigenvalue weighted by Gasteiger charge is -2.38. The summed E-state index contributed by atoms with van der Waals surface area (Å²) >= 11 is 0. The Kier molecular flexibility index (Phi) is 4.09. The average molecular weight is 251 g/mol. The van der Waals surface area contributed by atoms with Gasteiger partial charge in [0.15, 0.2) is 0 Å². The van der Waals surface area contributed by atoms with E-state index in [1.807, 2.05) is 30.3 Å². The van der Waals surface area contributed by atoms with E-state index in [0.29, 0.717) is 25.9 Å². The van der Waals surface area contributed by atoms with E-state index in [0.717, 1.165) is 11.8 Å². The quantitative estimate of drug-likeness (QED) is 0.770. The minimum Gasteiger partial charge on any atom is -0.301 e. The predicted octanol–water partition coefficient (Wildman–Crippen LogP) is 2.68. The number of rotatable bonds is 4. The van der Waals surface area contributed by atoms with Gasteiger partial charge < -0.3 is 4.79 Å². The van der Waals surface area contributed by atoms with E-state index < -0.39 is 5.60 Å². The molecule has 1 fully saturated rings. The number of hydrogen-bond donors (Lipinski definition) is 0. The molecule has 0 bridgehead atoms. The molecule has 0 radical (unpaired) electrons. The standard InChI is InChI=1S/C14H18FNO2/c1-14(18-15)7-9-16(10-8-14)13(11-17)12-5-3-2-4-6-12/h2-6,11,13H,7-10H2,1H3/t13-/m0/s1. The summed E-state index contributed by atoms with van der Waals surface area (Å²) in [6.45, 7) is 3.10. The zero-order valence-corrected chi connectivity index (χ0v) is 10.5. The average Bonchev–Trinajstić information content (AvgIpc) is 2.43. The number of likely N-dealkylation sites (tertiary alicyclic amines) is 1. The second-order valence-corrected chi connectivity index (χ2v) is 5.05. The third-order valence-corrected chi connectivity index (χ3v) is 3.71. The largest absolute Gasteiger partial charge is 0.301 e. The molecule has 0 saturated carbocycles. The highest BCUT2D eigenvalue weighted by atomic mass is 19.3. The van der Waals surface area contributed by atoms with Gasteiger partial charge in [-0.1, -0.05) is 30.3 Å². The highest BCUT2D eigenvalue weighted by Crippen LogP contribution is 2.30. The molecule has 2 rings (SSSR count). The molecule has 3 nitrogen and oxygen atoms in total. The number of aldehydes is 1. The number of carbonyl (C=O) groups excluding carboxylic acids is 1. The Morgan fingerprint density at radius 1 is 1.33 bits per heavy atom. The van der Waals surface area contributed by atoms with Crippen LogP contribution in [-0.4, -0.2) is 29.9 Å². The van der Waals surface area contributed by atoms with Crippen LogP contribution < -0.4 is 0 Å². The molecule has 0 unspecified atom stereocenters. The Morgan fingerprint density at radius 2 is 1.94 bits per heavy atom. The lowest BCUT2D eigenvalue weighted by molar-refractivity contribution is -0.244. The third-order valence-electron chi connectivity index (χ3n) is 3.71. The van der Waals surface area contributed by atoms with Crippen LogP contribution in [0.1, 0.15) is 31.4 Å². The Balaban J connectivity index is 2.06. The zero-order chi connectivity index (χ0) is 13.0. The van der Waals surface area contributed by atoms with Crippen molar-refractivity contribution < 1.29 is 14.3 Å². The van der Waals surface area contributed by atoms with Crippen LogP contribution in [0, 0.1) is 0 Å². The van der Waals surface area contributed by atoms with Crippen LogP contribution in [0.5, 0.6) is 0 Å². The maximum Gasteiger partial charge on any atom is 0.141 e. The van der Waals surface area contributed by atoms with Crippen molar-refractivity contribution in [3.05, 3.63) is 35.9 Å². The minimum absolute atomic E-state index is 0.240. The van der Waals surface area contributed by atoms with Gasteiger partial charge in [-0.3, -0.25) is 4.90 Å². The van der Waals surface area contributed by atoms with E-state index in [1.165, 1.54) is 0 Å². The molecule has 1 saturated heterocycles. The SMILES string of the molecule is CC1(OF)CCN([C@@H](C=O)c2ccccc2)CC1.